The third kappa shape index (κ3) is 2.15. The number of amides is 1. The molecule has 0 saturated carbocycles. The number of rotatable bonds is 2. The van der Waals surface area contributed by atoms with E-state index in [4.69, 9.17) is 4.74 Å². The fourth-order valence-electron chi connectivity index (χ4n) is 2.65. The summed E-state index contributed by atoms with van der Waals surface area (Å²) in [4.78, 5) is 14.3. The van der Waals surface area contributed by atoms with Gasteiger partial charge >= 0.3 is 0 Å². The first kappa shape index (κ1) is 12.7. The van der Waals surface area contributed by atoms with Crippen molar-refractivity contribution < 1.29 is 9.53 Å². The Kier molecular flexibility index (Phi) is 3.18. The number of carbonyl (C=O) groups excluding carboxylic acids is 1. The average molecular weight is 271 g/mol. The van der Waals surface area contributed by atoms with Gasteiger partial charge in [-0.15, -0.1) is 0 Å². The maximum atomic E-state index is 12.4. The second-order valence-corrected chi connectivity index (χ2v) is 4.98. The lowest BCUT2D eigenvalue weighted by Gasteiger charge is -2.29. The van der Waals surface area contributed by atoms with Crippen molar-refractivity contribution in [3.63, 3.8) is 0 Å². The highest BCUT2D eigenvalue weighted by atomic mass is 16.5. The number of hydrogen-bond donors (Lipinski definition) is 0. The standard InChI is InChI=1S/C15H17N3O2/c1-17-9-12(8-16-17)15(19)18-7-6-13-11(10-18)4-3-5-14(13)20-2/h3-5,8-9H,6-7,10H2,1-2H3. The molecule has 0 aliphatic carbocycles. The largest absolute Gasteiger partial charge is 0.496 e. The van der Waals surface area contributed by atoms with Crippen LogP contribution in [0.5, 0.6) is 5.75 Å². The Morgan fingerprint density at radius 3 is 2.95 bits per heavy atom. The molecule has 1 aromatic heterocycles. The molecular formula is C15H17N3O2. The molecule has 0 unspecified atom stereocenters. The topological polar surface area (TPSA) is 47.4 Å². The van der Waals surface area contributed by atoms with Crippen molar-refractivity contribution in [2.24, 2.45) is 7.05 Å². The molecule has 0 radical (unpaired) electrons. The first-order chi connectivity index (χ1) is 9.69. The quantitative estimate of drug-likeness (QED) is 0.834. The molecule has 1 aliphatic heterocycles. The molecule has 5 nitrogen and oxygen atoms in total. The summed E-state index contributed by atoms with van der Waals surface area (Å²) in [7, 11) is 3.50. The second-order valence-electron chi connectivity index (χ2n) is 4.98. The molecule has 2 heterocycles. The smallest absolute Gasteiger partial charge is 0.257 e. The summed E-state index contributed by atoms with van der Waals surface area (Å²) in [6.45, 7) is 1.33. The average Bonchev–Trinajstić information content (AvgIpc) is 2.91. The van der Waals surface area contributed by atoms with E-state index in [1.165, 1.54) is 5.56 Å². The highest BCUT2D eigenvalue weighted by Crippen LogP contribution is 2.28. The van der Waals surface area contributed by atoms with Gasteiger partial charge in [-0.25, -0.2) is 0 Å². The van der Waals surface area contributed by atoms with E-state index in [1.807, 2.05) is 24.1 Å². The lowest BCUT2D eigenvalue weighted by molar-refractivity contribution is 0.0733. The number of benzene rings is 1. The maximum Gasteiger partial charge on any atom is 0.257 e. The zero-order valence-electron chi connectivity index (χ0n) is 11.7. The molecule has 1 amide bonds. The molecule has 2 aromatic rings. The molecular weight excluding hydrogens is 254 g/mol. The number of fused-ring (bicyclic) bond motifs is 1. The van der Waals surface area contributed by atoms with E-state index in [0.717, 1.165) is 17.7 Å². The van der Waals surface area contributed by atoms with Gasteiger partial charge in [0.15, 0.2) is 0 Å². The van der Waals surface area contributed by atoms with Crippen LogP contribution in [0, 0.1) is 0 Å². The van der Waals surface area contributed by atoms with Crippen LogP contribution in [0.15, 0.2) is 30.6 Å². The summed E-state index contributed by atoms with van der Waals surface area (Å²) in [5.41, 5.74) is 3.01. The van der Waals surface area contributed by atoms with Crippen LogP contribution in [0.25, 0.3) is 0 Å². The van der Waals surface area contributed by atoms with Gasteiger partial charge in [-0.2, -0.15) is 5.10 Å². The summed E-state index contributed by atoms with van der Waals surface area (Å²) in [5, 5.41) is 4.05. The monoisotopic (exact) mass is 271 g/mol. The lowest BCUT2D eigenvalue weighted by atomic mass is 9.98. The number of methoxy groups -OCH3 is 1. The summed E-state index contributed by atoms with van der Waals surface area (Å²) >= 11 is 0. The minimum absolute atomic E-state index is 0.0339. The van der Waals surface area contributed by atoms with Gasteiger partial charge in [0.25, 0.3) is 5.91 Å². The normalized spacial score (nSPS) is 14.0. The van der Waals surface area contributed by atoms with Gasteiger partial charge in [0, 0.05) is 31.9 Å². The van der Waals surface area contributed by atoms with E-state index < -0.39 is 0 Å². The van der Waals surface area contributed by atoms with E-state index in [2.05, 4.69) is 11.2 Å². The van der Waals surface area contributed by atoms with Crippen LogP contribution in [-0.4, -0.2) is 34.2 Å². The fraction of sp³-hybridized carbons (Fsp3) is 0.333. The van der Waals surface area contributed by atoms with Crippen molar-refractivity contribution in [3.05, 3.63) is 47.3 Å². The van der Waals surface area contributed by atoms with E-state index in [-0.39, 0.29) is 5.91 Å². The molecule has 1 aromatic carbocycles. The van der Waals surface area contributed by atoms with Crippen LogP contribution in [0.2, 0.25) is 0 Å². The molecule has 0 atom stereocenters. The number of nitrogens with zero attached hydrogens (tertiary/aromatic N) is 3. The Morgan fingerprint density at radius 1 is 1.40 bits per heavy atom. The molecule has 3 rings (SSSR count). The van der Waals surface area contributed by atoms with E-state index in [9.17, 15) is 4.79 Å². The highest BCUT2D eigenvalue weighted by Gasteiger charge is 2.24. The molecule has 0 fully saturated rings. The molecule has 0 N–H and O–H groups in total. The van der Waals surface area contributed by atoms with Crippen molar-refractivity contribution in [2.75, 3.05) is 13.7 Å². The maximum absolute atomic E-state index is 12.4. The molecule has 5 heteroatoms. The van der Waals surface area contributed by atoms with Crippen LogP contribution >= 0.6 is 0 Å². The molecule has 1 aliphatic rings. The molecule has 0 spiro atoms. The Labute approximate surface area is 117 Å². The van der Waals surface area contributed by atoms with Gasteiger partial charge in [-0.05, 0) is 18.1 Å². The number of aryl methyl sites for hydroxylation is 1. The third-order valence-corrected chi connectivity index (χ3v) is 3.68. The Hall–Kier alpha value is -2.30. The summed E-state index contributed by atoms with van der Waals surface area (Å²) < 4.78 is 7.03. The molecule has 0 bridgehead atoms. The Bertz CT molecular complexity index is 648. The van der Waals surface area contributed by atoms with E-state index in [1.54, 1.807) is 24.2 Å². The Balaban J connectivity index is 1.84. The lowest BCUT2D eigenvalue weighted by Crippen LogP contribution is -2.35. The van der Waals surface area contributed by atoms with E-state index in [0.29, 0.717) is 18.7 Å². The van der Waals surface area contributed by atoms with Gasteiger partial charge in [0.05, 0.1) is 18.9 Å². The fourth-order valence-corrected chi connectivity index (χ4v) is 2.65. The zero-order chi connectivity index (χ0) is 14.1. The first-order valence-corrected chi connectivity index (χ1v) is 6.61. The third-order valence-electron chi connectivity index (χ3n) is 3.68. The van der Waals surface area contributed by atoms with Crippen molar-refractivity contribution in [1.82, 2.24) is 14.7 Å². The summed E-state index contributed by atoms with van der Waals surface area (Å²) in [6.07, 6.45) is 4.19. The van der Waals surface area contributed by atoms with Crippen LogP contribution in [0.3, 0.4) is 0 Å². The second kappa shape index (κ2) is 5.00. The van der Waals surface area contributed by atoms with Crippen molar-refractivity contribution >= 4 is 5.91 Å². The van der Waals surface area contributed by atoms with Crippen molar-refractivity contribution in [1.29, 1.82) is 0 Å². The number of aromatic nitrogens is 2. The van der Waals surface area contributed by atoms with Crippen LogP contribution in [-0.2, 0) is 20.0 Å². The van der Waals surface area contributed by atoms with Crippen LogP contribution in [0.4, 0.5) is 0 Å². The Morgan fingerprint density at radius 2 is 2.25 bits per heavy atom. The van der Waals surface area contributed by atoms with Crippen LogP contribution < -0.4 is 4.74 Å². The first-order valence-electron chi connectivity index (χ1n) is 6.61. The molecule has 20 heavy (non-hydrogen) atoms. The van der Waals surface area contributed by atoms with Crippen molar-refractivity contribution in [2.45, 2.75) is 13.0 Å². The molecule has 104 valence electrons. The predicted molar refractivity (Wildman–Crippen MR) is 74.6 cm³/mol. The summed E-state index contributed by atoms with van der Waals surface area (Å²) in [5.74, 6) is 0.947. The minimum Gasteiger partial charge on any atom is -0.496 e. The number of hydrogen-bond acceptors (Lipinski definition) is 3. The zero-order valence-corrected chi connectivity index (χ0v) is 11.7. The molecule has 0 saturated heterocycles. The number of carbonyl (C=O) groups is 1. The minimum atomic E-state index is 0.0339. The van der Waals surface area contributed by atoms with Gasteiger partial charge in [0.1, 0.15) is 5.75 Å². The highest BCUT2D eigenvalue weighted by molar-refractivity contribution is 5.93. The van der Waals surface area contributed by atoms with Crippen LogP contribution in [0.1, 0.15) is 21.5 Å². The predicted octanol–water partition coefficient (Wildman–Crippen LogP) is 1.63. The van der Waals surface area contributed by atoms with Gasteiger partial charge < -0.3 is 9.64 Å². The SMILES string of the molecule is COc1cccc2c1CCN(C(=O)c1cnn(C)c1)C2. The van der Waals surface area contributed by atoms with Gasteiger partial charge in [-0.1, -0.05) is 12.1 Å². The number of ether oxygens (including phenoxy) is 1. The van der Waals surface area contributed by atoms with Gasteiger partial charge in [-0.3, -0.25) is 9.48 Å². The van der Waals surface area contributed by atoms with Gasteiger partial charge in [0.2, 0.25) is 0 Å². The van der Waals surface area contributed by atoms with Crippen molar-refractivity contribution in [3.8, 4) is 5.75 Å². The summed E-state index contributed by atoms with van der Waals surface area (Å²) in [6, 6.07) is 5.99. The van der Waals surface area contributed by atoms with E-state index >= 15 is 0 Å².